The molecule has 0 unspecified atom stereocenters. The van der Waals surface area contributed by atoms with Gasteiger partial charge in [-0.1, -0.05) is 24.6 Å². The summed E-state index contributed by atoms with van der Waals surface area (Å²) in [6.07, 6.45) is 2.41. The molecule has 0 spiro atoms. The second kappa shape index (κ2) is 6.91. The van der Waals surface area contributed by atoms with E-state index in [1.807, 2.05) is 13.0 Å². The van der Waals surface area contributed by atoms with Crippen LogP contribution >= 0.6 is 11.6 Å². The SMILES string of the molecule is CCCOc1cccc(C(=O)Nc2ccc(Cl)cn2)c1. The van der Waals surface area contributed by atoms with E-state index in [0.717, 1.165) is 6.42 Å². The van der Waals surface area contributed by atoms with E-state index in [4.69, 9.17) is 16.3 Å². The first-order valence-corrected chi connectivity index (χ1v) is 6.72. The highest BCUT2D eigenvalue weighted by molar-refractivity contribution is 6.30. The molecule has 0 saturated carbocycles. The normalized spacial score (nSPS) is 10.1. The van der Waals surface area contributed by atoms with Crippen molar-refractivity contribution in [2.75, 3.05) is 11.9 Å². The van der Waals surface area contributed by atoms with Gasteiger partial charge < -0.3 is 10.1 Å². The lowest BCUT2D eigenvalue weighted by molar-refractivity contribution is 0.102. The molecule has 1 N–H and O–H groups in total. The number of nitrogens with zero attached hydrogens (tertiary/aromatic N) is 1. The summed E-state index contributed by atoms with van der Waals surface area (Å²) in [5, 5.41) is 3.23. The number of halogens is 1. The fourth-order valence-corrected chi connectivity index (χ4v) is 1.70. The number of carbonyl (C=O) groups excluding carboxylic acids is 1. The fraction of sp³-hybridized carbons (Fsp3) is 0.200. The van der Waals surface area contributed by atoms with Gasteiger partial charge in [-0.3, -0.25) is 4.79 Å². The van der Waals surface area contributed by atoms with Crippen molar-refractivity contribution in [3.05, 3.63) is 53.2 Å². The summed E-state index contributed by atoms with van der Waals surface area (Å²) in [7, 11) is 0. The molecular weight excluding hydrogens is 276 g/mol. The van der Waals surface area contributed by atoms with Crippen LogP contribution in [0.1, 0.15) is 23.7 Å². The molecule has 1 aromatic heterocycles. The van der Waals surface area contributed by atoms with E-state index in [2.05, 4.69) is 10.3 Å². The highest BCUT2D eigenvalue weighted by atomic mass is 35.5. The van der Waals surface area contributed by atoms with Gasteiger partial charge in [-0.2, -0.15) is 0 Å². The predicted molar refractivity (Wildman–Crippen MR) is 79.4 cm³/mol. The van der Waals surface area contributed by atoms with E-state index in [1.54, 1.807) is 30.3 Å². The van der Waals surface area contributed by atoms with E-state index in [-0.39, 0.29) is 5.91 Å². The number of aromatic nitrogens is 1. The van der Waals surface area contributed by atoms with Gasteiger partial charge in [0.25, 0.3) is 5.91 Å². The Balaban J connectivity index is 2.06. The van der Waals surface area contributed by atoms with Gasteiger partial charge in [0.1, 0.15) is 11.6 Å². The average Bonchev–Trinajstić information content (AvgIpc) is 2.48. The largest absolute Gasteiger partial charge is 0.494 e. The number of hydrogen-bond acceptors (Lipinski definition) is 3. The third kappa shape index (κ3) is 3.96. The molecule has 1 amide bonds. The number of anilines is 1. The lowest BCUT2D eigenvalue weighted by Crippen LogP contribution is -2.13. The van der Waals surface area contributed by atoms with Crippen LogP contribution in [0.4, 0.5) is 5.82 Å². The molecule has 2 rings (SSSR count). The van der Waals surface area contributed by atoms with Gasteiger partial charge in [-0.05, 0) is 36.8 Å². The molecule has 5 heteroatoms. The number of benzene rings is 1. The number of ether oxygens (including phenoxy) is 1. The van der Waals surface area contributed by atoms with Gasteiger partial charge in [0.05, 0.1) is 11.6 Å². The molecule has 0 aliphatic carbocycles. The third-order valence-electron chi connectivity index (χ3n) is 2.54. The molecule has 0 bridgehead atoms. The lowest BCUT2D eigenvalue weighted by Gasteiger charge is -2.07. The molecule has 4 nitrogen and oxygen atoms in total. The Hall–Kier alpha value is -2.07. The quantitative estimate of drug-likeness (QED) is 0.912. The van der Waals surface area contributed by atoms with E-state index >= 15 is 0 Å². The molecule has 1 heterocycles. The molecule has 1 aromatic carbocycles. The van der Waals surface area contributed by atoms with E-state index in [1.165, 1.54) is 6.20 Å². The molecule has 0 aliphatic heterocycles. The molecule has 0 radical (unpaired) electrons. The van der Waals surface area contributed by atoms with Crippen molar-refractivity contribution in [3.63, 3.8) is 0 Å². The number of rotatable bonds is 5. The van der Waals surface area contributed by atoms with Gasteiger partial charge in [0.15, 0.2) is 0 Å². The minimum atomic E-state index is -0.234. The van der Waals surface area contributed by atoms with Crippen molar-refractivity contribution in [3.8, 4) is 5.75 Å². The third-order valence-corrected chi connectivity index (χ3v) is 2.76. The Morgan fingerprint density at radius 1 is 1.35 bits per heavy atom. The maximum atomic E-state index is 12.1. The van der Waals surface area contributed by atoms with Crippen molar-refractivity contribution in [2.45, 2.75) is 13.3 Å². The summed E-state index contributed by atoms with van der Waals surface area (Å²) in [6.45, 7) is 2.66. The summed E-state index contributed by atoms with van der Waals surface area (Å²) in [4.78, 5) is 16.1. The van der Waals surface area contributed by atoms with E-state index in [9.17, 15) is 4.79 Å². The summed E-state index contributed by atoms with van der Waals surface area (Å²) < 4.78 is 5.50. The maximum absolute atomic E-state index is 12.1. The fourth-order valence-electron chi connectivity index (χ4n) is 1.59. The lowest BCUT2D eigenvalue weighted by atomic mass is 10.2. The molecule has 104 valence electrons. The van der Waals surface area contributed by atoms with Crippen molar-refractivity contribution in [2.24, 2.45) is 0 Å². The first-order valence-electron chi connectivity index (χ1n) is 6.35. The number of pyridine rings is 1. The molecule has 0 fully saturated rings. The monoisotopic (exact) mass is 290 g/mol. The summed E-state index contributed by atoms with van der Waals surface area (Å²) in [5.41, 5.74) is 0.523. The van der Waals surface area contributed by atoms with Crippen LogP contribution in [0.2, 0.25) is 5.02 Å². The van der Waals surface area contributed by atoms with Crippen LogP contribution in [0.3, 0.4) is 0 Å². The van der Waals surface area contributed by atoms with Gasteiger partial charge in [0, 0.05) is 11.8 Å². The molecule has 0 saturated heterocycles. The summed E-state index contributed by atoms with van der Waals surface area (Å²) in [6, 6.07) is 10.4. The van der Waals surface area contributed by atoms with Crippen LogP contribution < -0.4 is 10.1 Å². The zero-order chi connectivity index (χ0) is 14.4. The predicted octanol–water partition coefficient (Wildman–Crippen LogP) is 3.78. The van der Waals surface area contributed by atoms with Crippen LogP contribution in [-0.2, 0) is 0 Å². The highest BCUT2D eigenvalue weighted by Gasteiger charge is 2.08. The Kier molecular flexibility index (Phi) is 4.96. The molecule has 20 heavy (non-hydrogen) atoms. The average molecular weight is 291 g/mol. The van der Waals surface area contributed by atoms with Crippen molar-refractivity contribution in [1.82, 2.24) is 4.98 Å². The van der Waals surface area contributed by atoms with Crippen LogP contribution in [0.25, 0.3) is 0 Å². The number of hydrogen-bond donors (Lipinski definition) is 1. The highest BCUT2D eigenvalue weighted by Crippen LogP contribution is 2.15. The molecule has 0 aliphatic rings. The Morgan fingerprint density at radius 3 is 2.90 bits per heavy atom. The van der Waals surface area contributed by atoms with Crippen LogP contribution in [0, 0.1) is 0 Å². The zero-order valence-electron chi connectivity index (χ0n) is 11.1. The maximum Gasteiger partial charge on any atom is 0.256 e. The molecule has 2 aromatic rings. The van der Waals surface area contributed by atoms with Crippen molar-refractivity contribution in [1.29, 1.82) is 0 Å². The van der Waals surface area contributed by atoms with E-state index in [0.29, 0.717) is 28.8 Å². The number of amides is 1. The second-order valence-corrected chi connectivity index (χ2v) is 4.63. The summed E-state index contributed by atoms with van der Waals surface area (Å²) >= 11 is 5.74. The minimum Gasteiger partial charge on any atom is -0.494 e. The van der Waals surface area contributed by atoms with Gasteiger partial charge >= 0.3 is 0 Å². The van der Waals surface area contributed by atoms with Crippen LogP contribution in [0.5, 0.6) is 5.75 Å². The number of carbonyl (C=O) groups is 1. The molecular formula is C15H15ClN2O2. The smallest absolute Gasteiger partial charge is 0.256 e. The zero-order valence-corrected chi connectivity index (χ0v) is 11.9. The van der Waals surface area contributed by atoms with Crippen LogP contribution in [-0.4, -0.2) is 17.5 Å². The standard InChI is InChI=1S/C15H15ClN2O2/c1-2-8-20-13-5-3-4-11(9-13)15(19)18-14-7-6-12(16)10-17-14/h3-7,9-10H,2,8H2,1H3,(H,17,18,19). The Bertz CT molecular complexity index is 585. The number of nitrogens with one attached hydrogen (secondary N) is 1. The van der Waals surface area contributed by atoms with Crippen molar-refractivity contribution >= 4 is 23.3 Å². The molecule has 0 atom stereocenters. The van der Waals surface area contributed by atoms with Gasteiger partial charge in [-0.25, -0.2) is 4.98 Å². The van der Waals surface area contributed by atoms with Gasteiger partial charge in [0.2, 0.25) is 0 Å². The minimum absolute atomic E-state index is 0.234. The second-order valence-electron chi connectivity index (χ2n) is 4.19. The van der Waals surface area contributed by atoms with Crippen LogP contribution in [0.15, 0.2) is 42.6 Å². The first-order chi connectivity index (χ1) is 9.69. The Labute approximate surface area is 122 Å². The Morgan fingerprint density at radius 2 is 2.20 bits per heavy atom. The summed E-state index contributed by atoms with van der Waals surface area (Å²) in [5.74, 6) is 0.907. The van der Waals surface area contributed by atoms with E-state index < -0.39 is 0 Å². The topological polar surface area (TPSA) is 51.2 Å². The van der Waals surface area contributed by atoms with Gasteiger partial charge in [-0.15, -0.1) is 0 Å². The van der Waals surface area contributed by atoms with Crippen molar-refractivity contribution < 1.29 is 9.53 Å². The first kappa shape index (κ1) is 14.3.